The van der Waals surface area contributed by atoms with Gasteiger partial charge >= 0.3 is 0 Å². The first-order valence-electron chi connectivity index (χ1n) is 9.17. The van der Waals surface area contributed by atoms with E-state index in [0.29, 0.717) is 12.2 Å². The van der Waals surface area contributed by atoms with Crippen LogP contribution >= 0.6 is 11.3 Å². The summed E-state index contributed by atoms with van der Waals surface area (Å²) in [5.74, 6) is -0.0136. The number of carbonyl (C=O) groups excluding carboxylic acids is 1. The lowest BCUT2D eigenvalue weighted by atomic mass is 9.72. The zero-order chi connectivity index (χ0) is 18.1. The van der Waals surface area contributed by atoms with E-state index in [1.807, 2.05) is 6.07 Å². The molecule has 1 fully saturated rings. The number of amides is 1. The van der Waals surface area contributed by atoms with Gasteiger partial charge in [0.2, 0.25) is 0 Å². The predicted octanol–water partition coefficient (Wildman–Crippen LogP) is 3.93. The average Bonchev–Trinajstić information content (AvgIpc) is 3.19. The standard InChI is InChI=1S/C21H25N3OS/c1-15-12-17-19(26-15)13-18(23-17)20(25)22-14-21(8-10-24(2)11-9-21)16-6-4-3-5-7-16/h3-7,12-13,23H,8-11,14H2,1-2H3,(H,22,25). The van der Waals surface area contributed by atoms with Crippen LogP contribution in [-0.2, 0) is 5.41 Å². The molecule has 1 saturated heterocycles. The summed E-state index contributed by atoms with van der Waals surface area (Å²) in [7, 11) is 2.17. The third-order valence-electron chi connectivity index (χ3n) is 5.59. The molecule has 3 heterocycles. The van der Waals surface area contributed by atoms with E-state index in [4.69, 9.17) is 0 Å². The summed E-state index contributed by atoms with van der Waals surface area (Å²) in [4.78, 5) is 19.6. The Kier molecular flexibility index (Phi) is 4.59. The van der Waals surface area contributed by atoms with Gasteiger partial charge in [-0.25, -0.2) is 0 Å². The van der Waals surface area contributed by atoms with Crippen molar-refractivity contribution in [1.29, 1.82) is 0 Å². The molecule has 4 nitrogen and oxygen atoms in total. The lowest BCUT2D eigenvalue weighted by Gasteiger charge is -2.41. The first kappa shape index (κ1) is 17.3. The number of aryl methyl sites for hydroxylation is 1. The van der Waals surface area contributed by atoms with E-state index < -0.39 is 0 Å². The number of hydrogen-bond acceptors (Lipinski definition) is 3. The summed E-state index contributed by atoms with van der Waals surface area (Å²) in [6.07, 6.45) is 2.12. The summed E-state index contributed by atoms with van der Waals surface area (Å²) in [5.41, 5.74) is 3.05. The van der Waals surface area contributed by atoms with Gasteiger partial charge in [-0.15, -0.1) is 11.3 Å². The maximum absolute atomic E-state index is 12.7. The van der Waals surface area contributed by atoms with Crippen LogP contribution in [0.4, 0.5) is 0 Å². The highest BCUT2D eigenvalue weighted by atomic mass is 32.1. The van der Waals surface area contributed by atoms with Gasteiger partial charge in [0, 0.05) is 16.8 Å². The van der Waals surface area contributed by atoms with Gasteiger partial charge in [-0.2, -0.15) is 0 Å². The molecule has 5 heteroatoms. The highest BCUT2D eigenvalue weighted by Gasteiger charge is 2.35. The third kappa shape index (κ3) is 3.29. The minimum Gasteiger partial charge on any atom is -0.350 e. The highest BCUT2D eigenvalue weighted by molar-refractivity contribution is 7.19. The molecular weight excluding hydrogens is 342 g/mol. The number of nitrogens with zero attached hydrogens (tertiary/aromatic N) is 1. The third-order valence-corrected chi connectivity index (χ3v) is 6.59. The maximum atomic E-state index is 12.7. The first-order chi connectivity index (χ1) is 12.6. The lowest BCUT2D eigenvalue weighted by Crippen LogP contribution is -2.48. The summed E-state index contributed by atoms with van der Waals surface area (Å²) in [6.45, 7) is 4.88. The molecule has 1 aromatic carbocycles. The molecule has 4 rings (SSSR count). The van der Waals surface area contributed by atoms with E-state index in [1.165, 1.54) is 10.4 Å². The van der Waals surface area contributed by atoms with E-state index in [-0.39, 0.29) is 11.3 Å². The molecule has 2 aromatic heterocycles. The molecule has 1 aliphatic rings. The molecule has 2 N–H and O–H groups in total. The number of rotatable bonds is 4. The van der Waals surface area contributed by atoms with Crippen molar-refractivity contribution in [3.05, 3.63) is 58.6 Å². The Morgan fingerprint density at radius 3 is 2.65 bits per heavy atom. The summed E-state index contributed by atoms with van der Waals surface area (Å²) in [6, 6.07) is 14.7. The van der Waals surface area contributed by atoms with E-state index in [0.717, 1.165) is 36.1 Å². The van der Waals surface area contributed by atoms with Crippen LogP contribution in [0.25, 0.3) is 10.2 Å². The minimum absolute atomic E-state index is 0.0136. The SMILES string of the molecule is Cc1cc2[nH]c(C(=O)NCC3(c4ccccc4)CCN(C)CC3)cc2s1. The molecular formula is C21H25N3OS. The van der Waals surface area contributed by atoms with Crippen LogP contribution in [0.1, 0.15) is 33.8 Å². The normalized spacial score (nSPS) is 17.5. The summed E-state index contributed by atoms with van der Waals surface area (Å²) >= 11 is 1.72. The fourth-order valence-electron chi connectivity index (χ4n) is 3.92. The molecule has 3 aromatic rings. The van der Waals surface area contributed by atoms with Crippen LogP contribution in [0, 0.1) is 6.92 Å². The van der Waals surface area contributed by atoms with E-state index >= 15 is 0 Å². The monoisotopic (exact) mass is 367 g/mol. The Morgan fingerprint density at radius 1 is 1.23 bits per heavy atom. The summed E-state index contributed by atoms with van der Waals surface area (Å²) < 4.78 is 1.14. The van der Waals surface area contributed by atoms with Crippen molar-refractivity contribution in [2.24, 2.45) is 0 Å². The quantitative estimate of drug-likeness (QED) is 0.734. The molecule has 1 amide bonds. The number of carbonyl (C=O) groups is 1. The van der Waals surface area contributed by atoms with Gasteiger partial charge in [0.1, 0.15) is 5.69 Å². The van der Waals surface area contributed by atoms with Crippen LogP contribution in [0.5, 0.6) is 0 Å². The Balaban J connectivity index is 1.52. The Morgan fingerprint density at radius 2 is 1.96 bits per heavy atom. The molecule has 0 bridgehead atoms. The zero-order valence-corrected chi connectivity index (χ0v) is 16.2. The van der Waals surface area contributed by atoms with E-state index in [9.17, 15) is 4.79 Å². The van der Waals surface area contributed by atoms with Gasteiger partial charge in [0.05, 0.1) is 10.2 Å². The van der Waals surface area contributed by atoms with Crippen LogP contribution in [0.2, 0.25) is 0 Å². The zero-order valence-electron chi connectivity index (χ0n) is 15.3. The van der Waals surface area contributed by atoms with Crippen LogP contribution in [0.3, 0.4) is 0 Å². The molecule has 0 aliphatic carbocycles. The molecule has 0 atom stereocenters. The maximum Gasteiger partial charge on any atom is 0.267 e. The van der Waals surface area contributed by atoms with Gasteiger partial charge in [-0.3, -0.25) is 4.79 Å². The molecule has 0 spiro atoms. The van der Waals surface area contributed by atoms with Crippen molar-refractivity contribution in [3.8, 4) is 0 Å². The second-order valence-electron chi connectivity index (χ2n) is 7.45. The van der Waals surface area contributed by atoms with Crippen molar-refractivity contribution < 1.29 is 4.79 Å². The lowest BCUT2D eigenvalue weighted by molar-refractivity contribution is 0.0923. The van der Waals surface area contributed by atoms with Gasteiger partial charge in [0.15, 0.2) is 0 Å². The number of thiophene rings is 1. The fourth-order valence-corrected chi connectivity index (χ4v) is 4.84. The Hall–Kier alpha value is -2.11. The van der Waals surface area contributed by atoms with Gasteiger partial charge in [0.25, 0.3) is 5.91 Å². The van der Waals surface area contributed by atoms with E-state index in [2.05, 4.69) is 65.6 Å². The number of piperidine rings is 1. The van der Waals surface area contributed by atoms with Crippen LogP contribution in [-0.4, -0.2) is 42.5 Å². The fraction of sp³-hybridized carbons (Fsp3) is 0.381. The Labute approximate surface area is 158 Å². The highest BCUT2D eigenvalue weighted by Crippen LogP contribution is 2.35. The molecule has 0 saturated carbocycles. The number of hydrogen-bond donors (Lipinski definition) is 2. The number of likely N-dealkylation sites (tertiary alicyclic amines) is 1. The van der Waals surface area contributed by atoms with Gasteiger partial charge in [-0.1, -0.05) is 30.3 Å². The Bertz CT molecular complexity index is 872. The number of aromatic amines is 1. The number of aromatic nitrogens is 1. The molecule has 0 radical (unpaired) electrons. The first-order valence-corrected chi connectivity index (χ1v) is 9.99. The molecule has 136 valence electrons. The minimum atomic E-state index is -0.0136. The predicted molar refractivity (Wildman–Crippen MR) is 108 cm³/mol. The number of nitrogens with one attached hydrogen (secondary N) is 2. The molecule has 0 unspecified atom stereocenters. The number of fused-ring (bicyclic) bond motifs is 1. The van der Waals surface area contributed by atoms with Crippen molar-refractivity contribution in [1.82, 2.24) is 15.2 Å². The second-order valence-corrected chi connectivity index (χ2v) is 8.74. The largest absolute Gasteiger partial charge is 0.350 e. The second kappa shape index (κ2) is 6.89. The molecule has 1 aliphatic heterocycles. The topological polar surface area (TPSA) is 48.1 Å². The number of H-pyrrole nitrogens is 1. The van der Waals surface area contributed by atoms with Crippen molar-refractivity contribution in [3.63, 3.8) is 0 Å². The smallest absolute Gasteiger partial charge is 0.267 e. The van der Waals surface area contributed by atoms with Crippen LogP contribution in [0.15, 0.2) is 42.5 Å². The average molecular weight is 368 g/mol. The van der Waals surface area contributed by atoms with Gasteiger partial charge in [-0.05, 0) is 57.6 Å². The van der Waals surface area contributed by atoms with Gasteiger partial charge < -0.3 is 15.2 Å². The number of benzene rings is 1. The summed E-state index contributed by atoms with van der Waals surface area (Å²) in [5, 5.41) is 3.20. The van der Waals surface area contributed by atoms with Crippen molar-refractivity contribution in [2.45, 2.75) is 25.2 Å². The van der Waals surface area contributed by atoms with Crippen LogP contribution < -0.4 is 5.32 Å². The van der Waals surface area contributed by atoms with E-state index in [1.54, 1.807) is 11.3 Å². The molecule has 26 heavy (non-hydrogen) atoms. The van der Waals surface area contributed by atoms with Crippen molar-refractivity contribution in [2.75, 3.05) is 26.7 Å². The van der Waals surface area contributed by atoms with Crippen molar-refractivity contribution >= 4 is 27.5 Å².